The Morgan fingerprint density at radius 3 is 2.55 bits per heavy atom. The summed E-state index contributed by atoms with van der Waals surface area (Å²) >= 11 is 0. The van der Waals surface area contributed by atoms with Gasteiger partial charge in [-0.05, 0) is 43.4 Å². The number of amides is 1. The SMILES string of the molecule is CC(=O)c1nn(CC(=O)N2C3CC3C[C@H]2C(=O)O)c2ccc(-c3cnc(C)nc3)cc12. The third kappa shape index (κ3) is 3.26. The predicted molar refractivity (Wildman–Crippen MR) is 110 cm³/mol. The van der Waals surface area contributed by atoms with Gasteiger partial charge >= 0.3 is 5.97 Å². The first-order valence-electron chi connectivity index (χ1n) is 10.2. The summed E-state index contributed by atoms with van der Waals surface area (Å²) in [5, 5.41) is 14.5. The maximum atomic E-state index is 13.0. The van der Waals surface area contributed by atoms with Crippen LogP contribution in [0.4, 0.5) is 0 Å². The molecule has 0 radical (unpaired) electrons. The second kappa shape index (κ2) is 6.97. The molecular formula is C22H21N5O4. The third-order valence-electron chi connectivity index (χ3n) is 6.16. The van der Waals surface area contributed by atoms with Gasteiger partial charge in [-0.3, -0.25) is 14.3 Å². The molecule has 1 aromatic carbocycles. The van der Waals surface area contributed by atoms with Gasteiger partial charge in [0.2, 0.25) is 5.91 Å². The Morgan fingerprint density at radius 1 is 1.13 bits per heavy atom. The van der Waals surface area contributed by atoms with Gasteiger partial charge in [0.05, 0.1) is 5.52 Å². The van der Waals surface area contributed by atoms with Gasteiger partial charge in [-0.25, -0.2) is 14.8 Å². The zero-order valence-electron chi connectivity index (χ0n) is 17.1. The van der Waals surface area contributed by atoms with E-state index in [1.165, 1.54) is 16.5 Å². The van der Waals surface area contributed by atoms with Crippen molar-refractivity contribution < 1.29 is 19.5 Å². The van der Waals surface area contributed by atoms with Crippen molar-refractivity contribution in [3.63, 3.8) is 0 Å². The lowest BCUT2D eigenvalue weighted by atomic mass is 10.0. The van der Waals surface area contributed by atoms with Crippen LogP contribution in [0.25, 0.3) is 22.0 Å². The summed E-state index contributed by atoms with van der Waals surface area (Å²) in [6.45, 7) is 3.14. The fraction of sp³-hybridized carbons (Fsp3) is 0.364. The summed E-state index contributed by atoms with van der Waals surface area (Å²) < 4.78 is 1.50. The van der Waals surface area contributed by atoms with Gasteiger partial charge in [0.25, 0.3) is 0 Å². The molecule has 1 amide bonds. The van der Waals surface area contributed by atoms with Crippen molar-refractivity contribution in [2.24, 2.45) is 5.92 Å². The Bertz CT molecular complexity index is 1230. The molecule has 2 aromatic heterocycles. The van der Waals surface area contributed by atoms with E-state index < -0.39 is 12.0 Å². The molecule has 3 heterocycles. The summed E-state index contributed by atoms with van der Waals surface area (Å²) in [7, 11) is 0. The average Bonchev–Trinajstić information content (AvgIpc) is 3.24. The number of carbonyl (C=O) groups is 3. The lowest BCUT2D eigenvalue weighted by molar-refractivity contribution is -0.149. The van der Waals surface area contributed by atoms with E-state index >= 15 is 0 Å². The minimum absolute atomic E-state index is 0.0100. The quantitative estimate of drug-likeness (QED) is 0.629. The molecule has 2 aliphatic rings. The van der Waals surface area contributed by atoms with Crippen LogP contribution >= 0.6 is 0 Å². The summed E-state index contributed by atoms with van der Waals surface area (Å²) in [5.41, 5.74) is 2.58. The molecule has 1 aliphatic heterocycles. The van der Waals surface area contributed by atoms with E-state index in [0.29, 0.717) is 23.1 Å². The average molecular weight is 419 g/mol. The molecule has 1 aliphatic carbocycles. The number of aromatic nitrogens is 4. The number of likely N-dealkylation sites (tertiary alicyclic amines) is 1. The number of aryl methyl sites for hydroxylation is 1. The van der Waals surface area contributed by atoms with Crippen LogP contribution in [-0.4, -0.2) is 59.5 Å². The zero-order valence-corrected chi connectivity index (χ0v) is 17.1. The molecule has 9 nitrogen and oxygen atoms in total. The fourth-order valence-corrected chi connectivity index (χ4v) is 4.53. The van der Waals surface area contributed by atoms with E-state index in [4.69, 9.17) is 0 Å². The Hall–Kier alpha value is -3.62. The van der Waals surface area contributed by atoms with Crippen LogP contribution in [0.3, 0.4) is 0 Å². The van der Waals surface area contributed by atoms with Crippen LogP contribution in [0.5, 0.6) is 0 Å². The number of piperidine rings is 1. The van der Waals surface area contributed by atoms with E-state index in [1.54, 1.807) is 19.3 Å². The maximum absolute atomic E-state index is 13.0. The molecule has 3 atom stereocenters. The number of carboxylic acid groups (broad SMARTS) is 1. The molecule has 1 saturated carbocycles. The standard InChI is InChI=1S/C22H21N5O4/c1-11(28)21-16-5-13(15-8-23-12(2)24-9-15)3-4-17(16)26(25-21)10-20(29)27-18-6-14(18)7-19(27)22(30)31/h3-5,8-9,14,18-19H,6-7,10H2,1-2H3,(H,30,31)/t14?,18?,19-/m0/s1. The highest BCUT2D eigenvalue weighted by Gasteiger charge is 2.56. The molecule has 0 bridgehead atoms. The lowest BCUT2D eigenvalue weighted by Crippen LogP contribution is -2.44. The Kier molecular flexibility index (Phi) is 4.35. The third-order valence-corrected chi connectivity index (χ3v) is 6.16. The number of carbonyl (C=O) groups excluding carboxylic acids is 2. The molecule has 9 heteroatoms. The van der Waals surface area contributed by atoms with Gasteiger partial charge in [0.15, 0.2) is 5.78 Å². The highest BCUT2D eigenvalue weighted by Crippen LogP contribution is 2.48. The summed E-state index contributed by atoms with van der Waals surface area (Å²) in [6, 6.07) is 4.77. The van der Waals surface area contributed by atoms with Crippen molar-refractivity contribution in [1.82, 2.24) is 24.6 Å². The molecule has 5 rings (SSSR count). The van der Waals surface area contributed by atoms with Crippen LogP contribution in [-0.2, 0) is 16.1 Å². The summed E-state index contributed by atoms with van der Waals surface area (Å²) in [5.74, 6) is -0.514. The van der Waals surface area contributed by atoms with Gasteiger partial charge in [-0.15, -0.1) is 0 Å². The number of fused-ring (bicyclic) bond motifs is 2. The second-order valence-corrected chi connectivity index (χ2v) is 8.27. The predicted octanol–water partition coefficient (Wildman–Crippen LogP) is 2.08. The highest BCUT2D eigenvalue weighted by molar-refractivity contribution is 6.06. The number of benzene rings is 1. The molecule has 158 valence electrons. The monoisotopic (exact) mass is 419 g/mol. The number of Topliss-reactive ketones (excluding diaryl/α,β-unsaturated/α-hetero) is 1. The first-order chi connectivity index (χ1) is 14.8. The number of ketones is 1. The van der Waals surface area contributed by atoms with Crippen molar-refractivity contribution in [3.05, 3.63) is 42.1 Å². The highest BCUT2D eigenvalue weighted by atomic mass is 16.4. The number of hydrogen-bond donors (Lipinski definition) is 1. The normalized spacial score (nSPS) is 21.9. The topological polar surface area (TPSA) is 118 Å². The zero-order chi connectivity index (χ0) is 21.9. The minimum atomic E-state index is -0.972. The van der Waals surface area contributed by atoms with Crippen LogP contribution in [0.2, 0.25) is 0 Å². The number of rotatable bonds is 5. The van der Waals surface area contributed by atoms with E-state index in [0.717, 1.165) is 17.5 Å². The minimum Gasteiger partial charge on any atom is -0.480 e. The first kappa shape index (κ1) is 19.3. The molecule has 1 saturated heterocycles. The van der Waals surface area contributed by atoms with Crippen LogP contribution < -0.4 is 0 Å². The Balaban J connectivity index is 1.50. The van der Waals surface area contributed by atoms with Gasteiger partial charge in [-0.1, -0.05) is 6.07 Å². The fourth-order valence-electron chi connectivity index (χ4n) is 4.53. The van der Waals surface area contributed by atoms with Gasteiger partial charge in [0.1, 0.15) is 24.1 Å². The van der Waals surface area contributed by atoms with Crippen molar-refractivity contribution >= 4 is 28.6 Å². The van der Waals surface area contributed by atoms with Gasteiger partial charge < -0.3 is 10.0 Å². The van der Waals surface area contributed by atoms with Gasteiger partial charge in [0, 0.05) is 36.3 Å². The number of carboxylic acids is 1. The molecule has 3 aromatic rings. The van der Waals surface area contributed by atoms with Crippen LogP contribution in [0, 0.1) is 12.8 Å². The van der Waals surface area contributed by atoms with Crippen molar-refractivity contribution in [1.29, 1.82) is 0 Å². The van der Waals surface area contributed by atoms with E-state index in [1.807, 2.05) is 18.2 Å². The van der Waals surface area contributed by atoms with E-state index in [-0.39, 0.29) is 35.9 Å². The lowest BCUT2D eigenvalue weighted by Gasteiger charge is -2.24. The van der Waals surface area contributed by atoms with Crippen molar-refractivity contribution in [2.75, 3.05) is 0 Å². The molecule has 31 heavy (non-hydrogen) atoms. The first-order valence-corrected chi connectivity index (χ1v) is 10.2. The molecule has 2 unspecified atom stereocenters. The summed E-state index contributed by atoms with van der Waals surface area (Å²) in [4.78, 5) is 46.7. The smallest absolute Gasteiger partial charge is 0.326 e. The summed E-state index contributed by atoms with van der Waals surface area (Å²) in [6.07, 6.45) is 4.80. The van der Waals surface area contributed by atoms with Gasteiger partial charge in [-0.2, -0.15) is 5.10 Å². The maximum Gasteiger partial charge on any atom is 0.326 e. The molecule has 1 N–H and O–H groups in total. The number of hydrogen-bond acceptors (Lipinski definition) is 6. The molecular weight excluding hydrogens is 398 g/mol. The molecule has 2 fully saturated rings. The van der Waals surface area contributed by atoms with E-state index in [9.17, 15) is 19.5 Å². The molecule has 0 spiro atoms. The Labute approximate surface area is 177 Å². The number of aliphatic carboxylic acids is 1. The van der Waals surface area contributed by atoms with Crippen LogP contribution in [0.15, 0.2) is 30.6 Å². The number of nitrogens with zero attached hydrogens (tertiary/aromatic N) is 5. The van der Waals surface area contributed by atoms with Crippen molar-refractivity contribution in [2.45, 2.75) is 45.3 Å². The van der Waals surface area contributed by atoms with Crippen molar-refractivity contribution in [3.8, 4) is 11.1 Å². The largest absolute Gasteiger partial charge is 0.480 e. The van der Waals surface area contributed by atoms with E-state index in [2.05, 4.69) is 15.1 Å². The van der Waals surface area contributed by atoms with Crippen LogP contribution in [0.1, 0.15) is 36.1 Å². The second-order valence-electron chi connectivity index (χ2n) is 8.27. The Morgan fingerprint density at radius 2 is 1.87 bits per heavy atom.